The number of hydrogen-bond acceptors (Lipinski definition) is 6. The Morgan fingerprint density at radius 3 is 2.67 bits per heavy atom. The van der Waals surface area contributed by atoms with Crippen LogP contribution in [-0.2, 0) is 6.54 Å². The Morgan fingerprint density at radius 2 is 1.85 bits per heavy atom. The Morgan fingerprint density at radius 1 is 1.03 bits per heavy atom. The molecule has 0 saturated heterocycles. The van der Waals surface area contributed by atoms with Crippen molar-refractivity contribution in [3.63, 3.8) is 0 Å². The van der Waals surface area contributed by atoms with Crippen molar-refractivity contribution < 1.29 is 19.3 Å². The largest absolute Gasteiger partial charge is 0.497 e. The van der Waals surface area contributed by atoms with Crippen molar-refractivity contribution in [3.05, 3.63) is 59.8 Å². The summed E-state index contributed by atoms with van der Waals surface area (Å²) < 4.78 is 16.7. The maximum absolute atomic E-state index is 11.0. The zero-order valence-electron chi connectivity index (χ0n) is 19.1. The molecular formula is C27H32N2O4. The van der Waals surface area contributed by atoms with Crippen molar-refractivity contribution in [1.82, 2.24) is 10.3 Å². The van der Waals surface area contributed by atoms with E-state index in [-0.39, 0.29) is 0 Å². The first-order valence-corrected chi connectivity index (χ1v) is 11.9. The Balaban J connectivity index is 1.14. The summed E-state index contributed by atoms with van der Waals surface area (Å²) in [4.78, 5) is 4.44. The monoisotopic (exact) mass is 448 g/mol. The number of aliphatic hydroxyl groups is 1. The van der Waals surface area contributed by atoms with E-state index in [0.717, 1.165) is 72.4 Å². The third kappa shape index (κ3) is 5.07. The number of rotatable bonds is 7. The normalized spacial score (nSPS) is 21.0. The van der Waals surface area contributed by atoms with Gasteiger partial charge in [-0.3, -0.25) is 4.98 Å². The molecule has 0 radical (unpaired) electrons. The summed E-state index contributed by atoms with van der Waals surface area (Å²) >= 11 is 0. The van der Waals surface area contributed by atoms with Crippen LogP contribution in [0.5, 0.6) is 17.2 Å². The minimum atomic E-state index is -0.491. The smallest absolute Gasteiger partial charge is 0.161 e. The van der Waals surface area contributed by atoms with Crippen molar-refractivity contribution in [1.29, 1.82) is 0 Å². The van der Waals surface area contributed by atoms with Gasteiger partial charge in [0.05, 0.1) is 18.7 Å². The predicted molar refractivity (Wildman–Crippen MR) is 128 cm³/mol. The molecule has 0 amide bonds. The van der Waals surface area contributed by atoms with Crippen molar-refractivity contribution in [2.24, 2.45) is 5.92 Å². The molecule has 2 heterocycles. The standard InChI is InChI=1S/C27H32N2O4/c1-31-21-7-8-24-23(16-21)22(10-11-28-24)25(30)14-18-2-5-20(6-3-18)29-17-19-4-9-26-27(15-19)33-13-12-32-26/h4,7-11,15-16,18,20,25,29-30H,2-3,5-6,12-14,17H2,1H3/t18-,20-,25?. The van der Waals surface area contributed by atoms with Gasteiger partial charge in [0.15, 0.2) is 11.5 Å². The molecule has 1 fully saturated rings. The van der Waals surface area contributed by atoms with E-state index in [9.17, 15) is 5.11 Å². The summed E-state index contributed by atoms with van der Waals surface area (Å²) in [5, 5.41) is 15.7. The van der Waals surface area contributed by atoms with Crippen LogP contribution in [0, 0.1) is 5.92 Å². The van der Waals surface area contributed by atoms with Gasteiger partial charge >= 0.3 is 0 Å². The molecule has 2 aromatic carbocycles. The van der Waals surface area contributed by atoms with Crippen molar-refractivity contribution in [2.75, 3.05) is 20.3 Å². The first-order valence-electron chi connectivity index (χ1n) is 11.9. The zero-order valence-corrected chi connectivity index (χ0v) is 19.1. The molecular weight excluding hydrogens is 416 g/mol. The first-order chi connectivity index (χ1) is 16.2. The van der Waals surface area contributed by atoms with E-state index in [2.05, 4.69) is 22.4 Å². The van der Waals surface area contributed by atoms with Gasteiger partial charge in [0, 0.05) is 24.2 Å². The van der Waals surface area contributed by atoms with Crippen molar-refractivity contribution in [3.8, 4) is 17.2 Å². The van der Waals surface area contributed by atoms with Gasteiger partial charge in [-0.1, -0.05) is 6.07 Å². The Bertz CT molecular complexity index is 1090. The molecule has 3 aromatic rings. The highest BCUT2D eigenvalue weighted by atomic mass is 16.6. The molecule has 1 aliphatic carbocycles. The van der Waals surface area contributed by atoms with Gasteiger partial charge in [0.2, 0.25) is 0 Å². The van der Waals surface area contributed by atoms with E-state index in [1.807, 2.05) is 30.3 Å². The minimum Gasteiger partial charge on any atom is -0.497 e. The number of benzene rings is 2. The van der Waals surface area contributed by atoms with Gasteiger partial charge in [-0.25, -0.2) is 0 Å². The second kappa shape index (κ2) is 9.98. The maximum atomic E-state index is 11.0. The number of nitrogens with zero attached hydrogens (tertiary/aromatic N) is 1. The molecule has 6 heteroatoms. The van der Waals surface area contributed by atoms with Gasteiger partial charge in [-0.05, 0) is 85.5 Å². The number of ether oxygens (including phenoxy) is 3. The van der Waals surface area contributed by atoms with E-state index in [1.54, 1.807) is 13.3 Å². The Kier molecular flexibility index (Phi) is 6.65. The molecule has 2 N–H and O–H groups in total. The molecule has 1 aliphatic heterocycles. The van der Waals surface area contributed by atoms with Gasteiger partial charge in [0.1, 0.15) is 19.0 Å². The second-order valence-electron chi connectivity index (χ2n) is 9.11. The van der Waals surface area contributed by atoms with Crippen LogP contribution >= 0.6 is 0 Å². The number of aromatic nitrogens is 1. The Hall–Kier alpha value is -2.83. The lowest BCUT2D eigenvalue weighted by atomic mass is 9.81. The zero-order chi connectivity index (χ0) is 22.6. The summed E-state index contributed by atoms with van der Waals surface area (Å²) in [6, 6.07) is 14.5. The number of nitrogens with one attached hydrogen (secondary N) is 1. The molecule has 0 bridgehead atoms. The molecule has 5 rings (SSSR count). The summed E-state index contributed by atoms with van der Waals surface area (Å²) in [6.07, 6.45) is 6.59. The average Bonchev–Trinajstić information content (AvgIpc) is 2.87. The third-order valence-corrected chi connectivity index (χ3v) is 6.95. The van der Waals surface area contributed by atoms with Gasteiger partial charge in [-0.2, -0.15) is 0 Å². The molecule has 2 aliphatic rings. The van der Waals surface area contributed by atoms with E-state index in [4.69, 9.17) is 14.2 Å². The number of fused-ring (bicyclic) bond motifs is 2. The van der Waals surface area contributed by atoms with Crippen molar-refractivity contribution >= 4 is 10.9 Å². The van der Waals surface area contributed by atoms with Crippen LogP contribution in [0.3, 0.4) is 0 Å². The lowest BCUT2D eigenvalue weighted by Crippen LogP contribution is -2.33. The number of pyridine rings is 1. The molecule has 6 nitrogen and oxygen atoms in total. The maximum Gasteiger partial charge on any atom is 0.161 e. The van der Waals surface area contributed by atoms with Crippen LogP contribution in [0.25, 0.3) is 10.9 Å². The molecule has 0 spiro atoms. The van der Waals surface area contributed by atoms with E-state index in [0.29, 0.717) is 25.2 Å². The fourth-order valence-electron chi connectivity index (χ4n) is 5.07. The van der Waals surface area contributed by atoms with Crippen LogP contribution in [0.2, 0.25) is 0 Å². The highest BCUT2D eigenvalue weighted by Crippen LogP contribution is 2.35. The second-order valence-corrected chi connectivity index (χ2v) is 9.11. The Labute approximate surface area is 194 Å². The van der Waals surface area contributed by atoms with E-state index >= 15 is 0 Å². The lowest BCUT2D eigenvalue weighted by molar-refractivity contribution is 0.127. The summed E-state index contributed by atoms with van der Waals surface area (Å²) in [5.41, 5.74) is 3.05. The first kappa shape index (κ1) is 22.0. The topological polar surface area (TPSA) is 72.8 Å². The van der Waals surface area contributed by atoms with Crippen LogP contribution in [0.4, 0.5) is 0 Å². The fraction of sp³-hybridized carbons (Fsp3) is 0.444. The average molecular weight is 449 g/mol. The molecule has 174 valence electrons. The number of aliphatic hydroxyl groups excluding tert-OH is 1. The quantitative estimate of drug-likeness (QED) is 0.542. The lowest BCUT2D eigenvalue weighted by Gasteiger charge is -2.30. The molecule has 1 unspecified atom stereocenters. The van der Waals surface area contributed by atoms with Crippen LogP contribution in [0.1, 0.15) is 49.3 Å². The third-order valence-electron chi connectivity index (χ3n) is 6.95. The minimum absolute atomic E-state index is 0.491. The highest BCUT2D eigenvalue weighted by molar-refractivity contribution is 5.83. The fourth-order valence-corrected chi connectivity index (χ4v) is 5.07. The molecule has 33 heavy (non-hydrogen) atoms. The SMILES string of the molecule is COc1ccc2nccc(C(O)C[C@H]3CC[C@H](NCc4ccc5c(c4)OCCO5)CC3)c2c1. The van der Waals surface area contributed by atoms with Crippen LogP contribution in [-0.4, -0.2) is 36.5 Å². The van der Waals surface area contributed by atoms with Crippen molar-refractivity contribution in [2.45, 2.75) is 50.8 Å². The molecule has 1 saturated carbocycles. The highest BCUT2D eigenvalue weighted by Gasteiger charge is 2.24. The summed E-state index contributed by atoms with van der Waals surface area (Å²) in [7, 11) is 1.66. The summed E-state index contributed by atoms with van der Waals surface area (Å²) in [6.45, 7) is 2.07. The van der Waals surface area contributed by atoms with Gasteiger partial charge in [-0.15, -0.1) is 0 Å². The molecule has 1 atom stereocenters. The van der Waals surface area contributed by atoms with Crippen LogP contribution < -0.4 is 19.5 Å². The van der Waals surface area contributed by atoms with E-state index < -0.39 is 6.10 Å². The van der Waals surface area contributed by atoms with Crippen LogP contribution in [0.15, 0.2) is 48.7 Å². The van der Waals surface area contributed by atoms with Gasteiger partial charge in [0.25, 0.3) is 0 Å². The van der Waals surface area contributed by atoms with E-state index in [1.165, 1.54) is 5.56 Å². The number of methoxy groups -OCH3 is 1. The molecule has 1 aromatic heterocycles. The number of hydrogen-bond donors (Lipinski definition) is 2. The summed E-state index contributed by atoms with van der Waals surface area (Å²) in [5.74, 6) is 3.00. The van der Waals surface area contributed by atoms with Gasteiger partial charge < -0.3 is 24.6 Å². The predicted octanol–water partition coefficient (Wildman–Crippen LogP) is 4.79.